The molecule has 0 aliphatic heterocycles. The van der Waals surface area contributed by atoms with Crippen LogP contribution >= 0.6 is 23.2 Å². The van der Waals surface area contributed by atoms with Crippen LogP contribution in [0.15, 0.2) is 24.4 Å². The van der Waals surface area contributed by atoms with Crippen LogP contribution in [0.1, 0.15) is 16.1 Å². The van der Waals surface area contributed by atoms with Gasteiger partial charge < -0.3 is 15.0 Å². The Morgan fingerprint density at radius 3 is 2.75 bits per heavy atom. The van der Waals surface area contributed by atoms with E-state index in [0.717, 1.165) is 0 Å². The monoisotopic (exact) mass is 309 g/mol. The number of hydrogen-bond donors (Lipinski definition) is 1. The standard InChI is InChI=1S/C13H9Cl2N3O2/c1-20-13(19)12-11(17)7(5-16)6-18(12)10-4-8(14)2-3-9(10)15/h2-4,6H,17H2,1H3. The summed E-state index contributed by atoms with van der Waals surface area (Å²) in [6.07, 6.45) is 1.42. The van der Waals surface area contributed by atoms with Gasteiger partial charge in [-0.15, -0.1) is 0 Å². The fourth-order valence-electron chi connectivity index (χ4n) is 1.78. The molecule has 0 amide bonds. The number of hydrogen-bond acceptors (Lipinski definition) is 4. The molecule has 20 heavy (non-hydrogen) atoms. The molecule has 2 N–H and O–H groups in total. The molecule has 0 radical (unpaired) electrons. The minimum Gasteiger partial charge on any atom is -0.464 e. The van der Waals surface area contributed by atoms with Gasteiger partial charge in [-0.25, -0.2) is 4.79 Å². The summed E-state index contributed by atoms with van der Waals surface area (Å²) in [6, 6.07) is 6.68. The van der Waals surface area contributed by atoms with Crippen LogP contribution in [0, 0.1) is 11.3 Å². The van der Waals surface area contributed by atoms with E-state index in [2.05, 4.69) is 4.74 Å². The van der Waals surface area contributed by atoms with Crippen molar-refractivity contribution in [2.75, 3.05) is 12.8 Å². The maximum absolute atomic E-state index is 11.8. The molecule has 7 heteroatoms. The quantitative estimate of drug-likeness (QED) is 0.865. The number of anilines is 1. The highest BCUT2D eigenvalue weighted by Crippen LogP contribution is 2.30. The molecule has 0 atom stereocenters. The highest BCUT2D eigenvalue weighted by atomic mass is 35.5. The van der Waals surface area contributed by atoms with Crippen LogP contribution < -0.4 is 5.73 Å². The molecule has 2 rings (SSSR count). The van der Waals surface area contributed by atoms with Gasteiger partial charge in [0.15, 0.2) is 5.69 Å². The third-order valence-electron chi connectivity index (χ3n) is 2.71. The zero-order valence-corrected chi connectivity index (χ0v) is 11.9. The number of benzene rings is 1. The van der Waals surface area contributed by atoms with Gasteiger partial charge in [0.05, 0.1) is 29.1 Å². The Labute approximate surface area is 125 Å². The highest BCUT2D eigenvalue weighted by Gasteiger charge is 2.22. The minimum absolute atomic E-state index is 0.0354. The van der Waals surface area contributed by atoms with Crippen molar-refractivity contribution in [1.29, 1.82) is 5.26 Å². The van der Waals surface area contributed by atoms with Gasteiger partial charge in [-0.3, -0.25) is 0 Å². The van der Waals surface area contributed by atoms with E-state index >= 15 is 0 Å². The molecule has 2 aromatic rings. The number of nitrogens with two attached hydrogens (primary N) is 1. The Hall–Kier alpha value is -2.16. The summed E-state index contributed by atoms with van der Waals surface area (Å²) in [7, 11) is 1.23. The van der Waals surface area contributed by atoms with Crippen molar-refractivity contribution < 1.29 is 9.53 Å². The maximum Gasteiger partial charge on any atom is 0.357 e. The van der Waals surface area contributed by atoms with Crippen LogP contribution in [0.5, 0.6) is 0 Å². The number of nitriles is 1. The molecule has 0 saturated heterocycles. The van der Waals surface area contributed by atoms with Crippen molar-refractivity contribution >= 4 is 34.9 Å². The molecule has 0 unspecified atom stereocenters. The van der Waals surface area contributed by atoms with E-state index < -0.39 is 5.97 Å². The molecule has 1 aromatic carbocycles. The average molecular weight is 310 g/mol. The second-order valence-electron chi connectivity index (χ2n) is 3.87. The van der Waals surface area contributed by atoms with E-state index in [1.54, 1.807) is 18.2 Å². The predicted molar refractivity (Wildman–Crippen MR) is 76.3 cm³/mol. The van der Waals surface area contributed by atoms with Gasteiger partial charge in [0.25, 0.3) is 0 Å². The third kappa shape index (κ3) is 2.31. The Balaban J connectivity index is 2.77. The molecule has 0 saturated carbocycles. The molecule has 5 nitrogen and oxygen atoms in total. The van der Waals surface area contributed by atoms with Gasteiger partial charge in [0.1, 0.15) is 6.07 Å². The first-order valence-electron chi connectivity index (χ1n) is 5.44. The number of halogens is 2. The molecule has 1 heterocycles. The first-order valence-corrected chi connectivity index (χ1v) is 6.19. The first kappa shape index (κ1) is 14.3. The molecular formula is C13H9Cl2N3O2. The van der Waals surface area contributed by atoms with E-state index in [1.165, 1.54) is 17.9 Å². The Morgan fingerprint density at radius 1 is 1.45 bits per heavy atom. The number of ether oxygens (including phenoxy) is 1. The van der Waals surface area contributed by atoms with E-state index in [4.69, 9.17) is 34.2 Å². The normalized spacial score (nSPS) is 10.1. The van der Waals surface area contributed by atoms with E-state index in [0.29, 0.717) is 15.7 Å². The van der Waals surface area contributed by atoms with Crippen molar-refractivity contribution in [3.63, 3.8) is 0 Å². The van der Waals surface area contributed by atoms with Crippen molar-refractivity contribution in [2.45, 2.75) is 0 Å². The van der Waals surface area contributed by atoms with Gasteiger partial charge >= 0.3 is 5.97 Å². The lowest BCUT2D eigenvalue weighted by Gasteiger charge is -2.10. The summed E-state index contributed by atoms with van der Waals surface area (Å²) in [6.45, 7) is 0. The van der Waals surface area contributed by atoms with Gasteiger partial charge in [0, 0.05) is 11.2 Å². The van der Waals surface area contributed by atoms with E-state index in [1.807, 2.05) is 6.07 Å². The Kier molecular flexibility index (Phi) is 3.89. The van der Waals surface area contributed by atoms with Crippen LogP contribution in [0.4, 0.5) is 5.69 Å². The average Bonchev–Trinajstić information content (AvgIpc) is 2.77. The predicted octanol–water partition coefficient (Wildman–Crippen LogP) is 3.02. The SMILES string of the molecule is COC(=O)c1c(N)c(C#N)cn1-c1cc(Cl)ccc1Cl. The summed E-state index contributed by atoms with van der Waals surface area (Å²) in [5.41, 5.74) is 6.46. The van der Waals surface area contributed by atoms with Crippen molar-refractivity contribution in [2.24, 2.45) is 0 Å². The summed E-state index contributed by atoms with van der Waals surface area (Å²) in [4.78, 5) is 11.8. The highest BCUT2D eigenvalue weighted by molar-refractivity contribution is 6.34. The summed E-state index contributed by atoms with van der Waals surface area (Å²) in [5.74, 6) is -0.667. The number of nitrogen functional groups attached to an aromatic ring is 1. The van der Waals surface area contributed by atoms with Crippen LogP contribution in [0.25, 0.3) is 5.69 Å². The maximum atomic E-state index is 11.8. The van der Waals surface area contributed by atoms with Gasteiger partial charge in [-0.05, 0) is 18.2 Å². The number of nitrogens with zero attached hydrogens (tertiary/aromatic N) is 2. The number of carbonyl (C=O) groups is 1. The number of methoxy groups -OCH3 is 1. The molecule has 0 fully saturated rings. The van der Waals surface area contributed by atoms with Gasteiger partial charge in [-0.2, -0.15) is 5.26 Å². The van der Waals surface area contributed by atoms with Crippen LogP contribution in [0.3, 0.4) is 0 Å². The molecular weight excluding hydrogens is 301 g/mol. The lowest BCUT2D eigenvalue weighted by atomic mass is 10.2. The zero-order chi connectivity index (χ0) is 14.9. The molecule has 0 aliphatic rings. The van der Waals surface area contributed by atoms with Crippen LogP contribution in [0.2, 0.25) is 10.0 Å². The van der Waals surface area contributed by atoms with Crippen molar-refractivity contribution in [3.8, 4) is 11.8 Å². The van der Waals surface area contributed by atoms with Crippen molar-refractivity contribution in [1.82, 2.24) is 4.57 Å². The number of rotatable bonds is 2. The summed E-state index contributed by atoms with van der Waals surface area (Å²) >= 11 is 12.0. The van der Waals surface area contributed by atoms with Gasteiger partial charge in [-0.1, -0.05) is 23.2 Å². The second-order valence-corrected chi connectivity index (χ2v) is 4.72. The topological polar surface area (TPSA) is 81.0 Å². The lowest BCUT2D eigenvalue weighted by Crippen LogP contribution is -2.11. The summed E-state index contributed by atoms with van der Waals surface area (Å²) < 4.78 is 6.08. The molecule has 102 valence electrons. The Bertz CT molecular complexity index is 732. The number of esters is 1. The van der Waals surface area contributed by atoms with E-state index in [9.17, 15) is 4.79 Å². The Morgan fingerprint density at radius 2 is 2.15 bits per heavy atom. The van der Waals surface area contributed by atoms with Crippen LogP contribution in [-0.2, 0) is 4.74 Å². The van der Waals surface area contributed by atoms with Crippen LogP contribution in [-0.4, -0.2) is 17.6 Å². The first-order chi connectivity index (χ1) is 9.49. The number of carbonyl (C=O) groups excluding carboxylic acids is 1. The smallest absolute Gasteiger partial charge is 0.357 e. The summed E-state index contributed by atoms with van der Waals surface area (Å²) in [5, 5.41) is 9.82. The van der Waals surface area contributed by atoms with Crippen molar-refractivity contribution in [3.05, 3.63) is 45.7 Å². The zero-order valence-electron chi connectivity index (χ0n) is 10.4. The van der Waals surface area contributed by atoms with Gasteiger partial charge in [0.2, 0.25) is 0 Å². The largest absolute Gasteiger partial charge is 0.464 e. The lowest BCUT2D eigenvalue weighted by molar-refractivity contribution is 0.0593. The minimum atomic E-state index is -0.667. The van der Waals surface area contributed by atoms with E-state index in [-0.39, 0.29) is 16.9 Å². The fourth-order valence-corrected chi connectivity index (χ4v) is 2.15. The molecule has 1 aromatic heterocycles. The molecule has 0 bridgehead atoms. The fraction of sp³-hybridized carbons (Fsp3) is 0.0769. The molecule has 0 aliphatic carbocycles. The molecule has 0 spiro atoms. The second kappa shape index (κ2) is 5.45. The number of aromatic nitrogens is 1. The third-order valence-corrected chi connectivity index (χ3v) is 3.27.